The lowest BCUT2D eigenvalue weighted by molar-refractivity contribution is 0.355. The van der Waals surface area contributed by atoms with Crippen LogP contribution < -0.4 is 14.9 Å². The molecule has 0 aliphatic carbocycles. The Morgan fingerprint density at radius 2 is 1.67 bits per heavy atom. The molecule has 0 bridgehead atoms. The summed E-state index contributed by atoms with van der Waals surface area (Å²) in [6, 6.07) is 5.49. The molecular weight excluding hydrogens is 192 g/mol. The van der Waals surface area contributed by atoms with E-state index in [0.717, 1.165) is 16.7 Å². The van der Waals surface area contributed by atoms with Crippen LogP contribution in [0.2, 0.25) is 0 Å². The number of rotatable bonds is 3. The minimum absolute atomic E-state index is 0.141. The van der Waals surface area contributed by atoms with Crippen LogP contribution in [0, 0.1) is 6.92 Å². The number of methoxy groups -OCH3 is 2. The van der Waals surface area contributed by atoms with Crippen LogP contribution in [0.3, 0.4) is 0 Å². The van der Waals surface area contributed by atoms with Crippen molar-refractivity contribution in [2.24, 2.45) is 0 Å². The van der Waals surface area contributed by atoms with Gasteiger partial charge in [0.05, 0.1) is 14.2 Å². The monoisotopic (exact) mass is 204 g/mol. The van der Waals surface area contributed by atoms with Crippen molar-refractivity contribution in [1.29, 1.82) is 0 Å². The molecule has 78 valence electrons. The van der Waals surface area contributed by atoms with Gasteiger partial charge in [0, 0.05) is 11.1 Å². The average Bonchev–Trinajstić information content (AvgIpc) is 2.86. The molecule has 2 aromatic carbocycles. The highest BCUT2D eigenvalue weighted by Crippen LogP contribution is 2.33. The van der Waals surface area contributed by atoms with Crippen LogP contribution in [0.5, 0.6) is 11.5 Å². The molecule has 0 aliphatic heterocycles. The Balaban J connectivity index is 2.44. The van der Waals surface area contributed by atoms with Gasteiger partial charge in [0.2, 0.25) is 0 Å². The Morgan fingerprint density at radius 3 is 2.13 bits per heavy atom. The van der Waals surface area contributed by atoms with Crippen LogP contribution in [0.25, 0.3) is 11.1 Å². The summed E-state index contributed by atoms with van der Waals surface area (Å²) in [5.41, 5.74) is 2.68. The summed E-state index contributed by atoms with van der Waals surface area (Å²) in [6.45, 7) is 1.83. The zero-order valence-electron chi connectivity index (χ0n) is 8.96. The van der Waals surface area contributed by atoms with Gasteiger partial charge in [-0.05, 0) is 24.6 Å². The Morgan fingerprint density at radius 1 is 1.07 bits per heavy atom. The molecule has 0 atom stereocenters. The van der Waals surface area contributed by atoms with E-state index < -0.39 is 0 Å². The summed E-state index contributed by atoms with van der Waals surface area (Å²) >= 11 is 0. The maximum Gasteiger partial charge on any atom is 0.190 e. The standard InChI is InChI=1S/C12H12O3/c1-7-11(12(7)13)8-4-5-9(14-2)10(6-8)15-3/h4-6H,1-3H3. The largest absolute Gasteiger partial charge is 0.493 e. The van der Waals surface area contributed by atoms with Crippen LogP contribution >= 0.6 is 0 Å². The van der Waals surface area contributed by atoms with Crippen LogP contribution in [-0.4, -0.2) is 14.2 Å². The topological polar surface area (TPSA) is 35.5 Å². The predicted molar refractivity (Wildman–Crippen MR) is 58.4 cm³/mol. The number of hydrogen-bond acceptors (Lipinski definition) is 3. The lowest BCUT2D eigenvalue weighted by Crippen LogP contribution is -1.90. The Kier molecular flexibility index (Phi) is 2.23. The molecule has 3 heteroatoms. The lowest BCUT2D eigenvalue weighted by Gasteiger charge is -2.07. The summed E-state index contributed by atoms with van der Waals surface area (Å²) in [6.07, 6.45) is 0. The first kappa shape index (κ1) is 9.77. The smallest absolute Gasteiger partial charge is 0.190 e. The summed E-state index contributed by atoms with van der Waals surface area (Å²) in [5.74, 6) is 1.32. The first-order valence-corrected chi connectivity index (χ1v) is 4.67. The molecule has 0 spiro atoms. The van der Waals surface area contributed by atoms with Crippen LogP contribution in [-0.2, 0) is 0 Å². The van der Waals surface area contributed by atoms with Gasteiger partial charge in [-0.3, -0.25) is 4.79 Å². The quantitative estimate of drug-likeness (QED) is 0.766. The van der Waals surface area contributed by atoms with E-state index in [2.05, 4.69) is 0 Å². The SMILES string of the molecule is COc1ccc(-c2c(C)c2=O)cc1OC. The second-order valence-corrected chi connectivity index (χ2v) is 3.40. The first-order chi connectivity index (χ1) is 7.19. The number of benzene rings is 1. The third-order valence-electron chi connectivity index (χ3n) is 2.55. The van der Waals surface area contributed by atoms with Crippen molar-refractivity contribution in [2.45, 2.75) is 6.92 Å². The van der Waals surface area contributed by atoms with E-state index in [1.807, 2.05) is 19.1 Å². The molecule has 2 aromatic rings. The third kappa shape index (κ3) is 1.50. The maximum atomic E-state index is 11.2. The minimum atomic E-state index is 0.141. The van der Waals surface area contributed by atoms with Gasteiger partial charge < -0.3 is 9.47 Å². The first-order valence-electron chi connectivity index (χ1n) is 4.67. The van der Waals surface area contributed by atoms with E-state index >= 15 is 0 Å². The summed E-state index contributed by atoms with van der Waals surface area (Å²) < 4.78 is 10.3. The van der Waals surface area contributed by atoms with E-state index in [4.69, 9.17) is 9.47 Å². The summed E-state index contributed by atoms with van der Waals surface area (Å²) in [7, 11) is 3.17. The van der Waals surface area contributed by atoms with Crippen LogP contribution in [0.1, 0.15) is 5.56 Å². The van der Waals surface area contributed by atoms with Gasteiger partial charge in [-0.15, -0.1) is 0 Å². The molecule has 0 saturated heterocycles. The van der Waals surface area contributed by atoms with Gasteiger partial charge in [0.1, 0.15) is 0 Å². The summed E-state index contributed by atoms with van der Waals surface area (Å²) in [4.78, 5) is 11.2. The predicted octanol–water partition coefficient (Wildman–Crippen LogP) is 1.92. The average molecular weight is 204 g/mol. The van der Waals surface area contributed by atoms with Gasteiger partial charge >= 0.3 is 0 Å². The van der Waals surface area contributed by atoms with Crippen molar-refractivity contribution < 1.29 is 9.47 Å². The van der Waals surface area contributed by atoms with Gasteiger partial charge in [-0.25, -0.2) is 0 Å². The number of hydrogen-bond donors (Lipinski definition) is 0. The molecule has 0 radical (unpaired) electrons. The Bertz CT molecular complexity index is 505. The molecule has 0 aromatic heterocycles. The lowest BCUT2D eigenvalue weighted by atomic mass is 10.1. The highest BCUT2D eigenvalue weighted by atomic mass is 16.5. The van der Waals surface area contributed by atoms with Gasteiger partial charge in [-0.2, -0.15) is 0 Å². The molecule has 15 heavy (non-hydrogen) atoms. The highest BCUT2D eigenvalue weighted by Gasteiger charge is 2.20. The highest BCUT2D eigenvalue weighted by molar-refractivity contribution is 5.77. The van der Waals surface area contributed by atoms with Crippen molar-refractivity contribution in [3.63, 3.8) is 0 Å². The van der Waals surface area contributed by atoms with Crippen molar-refractivity contribution >= 4 is 0 Å². The van der Waals surface area contributed by atoms with E-state index in [0.29, 0.717) is 11.5 Å². The Labute approximate surface area is 87.9 Å². The fraction of sp³-hybridized carbons (Fsp3) is 0.250. The van der Waals surface area contributed by atoms with E-state index in [1.54, 1.807) is 20.3 Å². The van der Waals surface area contributed by atoms with Gasteiger partial charge in [0.25, 0.3) is 0 Å². The number of ether oxygens (including phenoxy) is 2. The molecule has 0 saturated carbocycles. The van der Waals surface area contributed by atoms with Crippen LogP contribution in [0.15, 0.2) is 23.0 Å². The fourth-order valence-electron chi connectivity index (χ4n) is 1.60. The molecule has 0 amide bonds. The Hall–Kier alpha value is -1.77. The normalized spacial score (nSPS) is 10.6. The van der Waals surface area contributed by atoms with Crippen molar-refractivity contribution in [2.75, 3.05) is 14.2 Å². The zero-order chi connectivity index (χ0) is 11.0. The van der Waals surface area contributed by atoms with Crippen molar-refractivity contribution in [3.05, 3.63) is 34.0 Å². The second-order valence-electron chi connectivity index (χ2n) is 3.40. The zero-order valence-corrected chi connectivity index (χ0v) is 8.96. The molecule has 0 unspecified atom stereocenters. The van der Waals surface area contributed by atoms with Crippen LogP contribution in [0.4, 0.5) is 0 Å². The van der Waals surface area contributed by atoms with E-state index in [1.165, 1.54) is 0 Å². The van der Waals surface area contributed by atoms with E-state index in [-0.39, 0.29) is 5.43 Å². The molecular formula is C12H12O3. The van der Waals surface area contributed by atoms with Gasteiger partial charge in [-0.1, -0.05) is 6.07 Å². The fourth-order valence-corrected chi connectivity index (χ4v) is 1.60. The molecule has 3 nitrogen and oxygen atoms in total. The van der Waals surface area contributed by atoms with E-state index in [9.17, 15) is 4.79 Å². The second kappa shape index (κ2) is 3.42. The third-order valence-corrected chi connectivity index (χ3v) is 2.55. The van der Waals surface area contributed by atoms with Crippen molar-refractivity contribution in [3.8, 4) is 22.6 Å². The molecule has 0 N–H and O–H groups in total. The molecule has 0 fully saturated rings. The molecule has 0 heterocycles. The summed E-state index contributed by atoms with van der Waals surface area (Å²) in [5, 5.41) is 0. The van der Waals surface area contributed by atoms with Gasteiger partial charge in [0.15, 0.2) is 16.9 Å². The minimum Gasteiger partial charge on any atom is -0.493 e. The maximum absolute atomic E-state index is 11.2. The molecule has 2 rings (SSSR count). The van der Waals surface area contributed by atoms with Crippen molar-refractivity contribution in [1.82, 2.24) is 0 Å². The molecule has 0 aliphatic rings.